The number of hydrogen-bond donors (Lipinski definition) is 1. The van der Waals surface area contributed by atoms with Crippen molar-refractivity contribution in [2.24, 2.45) is 0 Å². The van der Waals surface area contributed by atoms with Crippen molar-refractivity contribution >= 4 is 34.8 Å². The molecule has 0 aliphatic rings. The first-order chi connectivity index (χ1) is 8.13. The summed E-state index contributed by atoms with van der Waals surface area (Å²) in [4.78, 5) is 6.67. The van der Waals surface area contributed by atoms with Crippen molar-refractivity contribution in [3.8, 4) is 0 Å². The lowest BCUT2D eigenvalue weighted by Gasteiger charge is -2.24. The van der Waals surface area contributed by atoms with Crippen molar-refractivity contribution in [1.29, 1.82) is 0 Å². The second kappa shape index (κ2) is 6.92. The summed E-state index contributed by atoms with van der Waals surface area (Å²) in [5, 5.41) is 4.13. The predicted molar refractivity (Wildman–Crippen MR) is 76.6 cm³/mol. The third-order valence-electron chi connectivity index (χ3n) is 2.43. The van der Waals surface area contributed by atoms with Gasteiger partial charge in [-0.1, -0.05) is 37.0 Å². The van der Waals surface area contributed by atoms with Crippen LogP contribution in [0.4, 0.5) is 11.6 Å². The number of aromatic nitrogens is 1. The smallest absolute Gasteiger partial charge is 0.149 e. The summed E-state index contributed by atoms with van der Waals surface area (Å²) in [6.07, 6.45) is 2.13. The third-order valence-corrected chi connectivity index (χ3v) is 3.00. The van der Waals surface area contributed by atoms with Crippen molar-refractivity contribution in [2.75, 3.05) is 30.4 Å². The largest absolute Gasteiger partial charge is 0.372 e. The van der Waals surface area contributed by atoms with Gasteiger partial charge < -0.3 is 10.2 Å². The van der Waals surface area contributed by atoms with Gasteiger partial charge in [-0.2, -0.15) is 0 Å². The van der Waals surface area contributed by atoms with Gasteiger partial charge in [-0.3, -0.25) is 0 Å². The zero-order chi connectivity index (χ0) is 12.8. The number of anilines is 2. The van der Waals surface area contributed by atoms with E-state index in [0.29, 0.717) is 15.9 Å². The van der Waals surface area contributed by atoms with Gasteiger partial charge in [-0.05, 0) is 18.9 Å². The van der Waals surface area contributed by atoms with Gasteiger partial charge in [0.2, 0.25) is 0 Å². The Morgan fingerprint density at radius 1 is 1.18 bits per heavy atom. The van der Waals surface area contributed by atoms with Gasteiger partial charge in [0.05, 0.1) is 10.0 Å². The maximum absolute atomic E-state index is 6.21. The van der Waals surface area contributed by atoms with Crippen molar-refractivity contribution in [1.82, 2.24) is 4.98 Å². The van der Waals surface area contributed by atoms with Crippen LogP contribution in [0, 0.1) is 0 Å². The summed E-state index contributed by atoms with van der Waals surface area (Å²) < 4.78 is 0. The molecule has 0 radical (unpaired) electrons. The highest BCUT2D eigenvalue weighted by atomic mass is 35.5. The van der Waals surface area contributed by atoms with E-state index in [1.54, 1.807) is 13.1 Å². The Bertz CT molecular complexity index is 363. The Morgan fingerprint density at radius 3 is 2.24 bits per heavy atom. The average Bonchev–Trinajstić information content (AvgIpc) is 2.29. The quantitative estimate of drug-likeness (QED) is 0.849. The highest BCUT2D eigenvalue weighted by Crippen LogP contribution is 2.31. The van der Waals surface area contributed by atoms with Gasteiger partial charge in [0, 0.05) is 20.1 Å². The lowest BCUT2D eigenvalue weighted by atomic mass is 10.3. The van der Waals surface area contributed by atoms with E-state index in [1.165, 1.54) is 0 Å². The van der Waals surface area contributed by atoms with Gasteiger partial charge in [0.1, 0.15) is 11.6 Å². The molecule has 0 atom stereocenters. The Labute approximate surface area is 113 Å². The van der Waals surface area contributed by atoms with Gasteiger partial charge in [-0.15, -0.1) is 0 Å². The van der Waals surface area contributed by atoms with Crippen LogP contribution in [0.15, 0.2) is 6.07 Å². The van der Waals surface area contributed by atoms with Gasteiger partial charge in [-0.25, -0.2) is 4.98 Å². The molecule has 1 rings (SSSR count). The summed E-state index contributed by atoms with van der Waals surface area (Å²) >= 11 is 12.2. The molecule has 0 fully saturated rings. The Morgan fingerprint density at radius 2 is 1.76 bits per heavy atom. The molecule has 0 aliphatic carbocycles. The number of nitrogens with one attached hydrogen (secondary N) is 1. The zero-order valence-electron chi connectivity index (χ0n) is 10.6. The monoisotopic (exact) mass is 275 g/mol. The van der Waals surface area contributed by atoms with Crippen molar-refractivity contribution in [2.45, 2.75) is 26.7 Å². The van der Waals surface area contributed by atoms with Crippen LogP contribution in [0.1, 0.15) is 26.7 Å². The van der Waals surface area contributed by atoms with E-state index in [4.69, 9.17) is 23.2 Å². The second-order valence-electron chi connectivity index (χ2n) is 3.86. The molecule has 0 saturated carbocycles. The minimum absolute atomic E-state index is 0.550. The lowest BCUT2D eigenvalue weighted by molar-refractivity contribution is 0.735. The molecule has 1 N–H and O–H groups in total. The molecule has 0 amide bonds. The van der Waals surface area contributed by atoms with Crippen molar-refractivity contribution in [3.63, 3.8) is 0 Å². The van der Waals surface area contributed by atoms with Crippen LogP contribution in [0.3, 0.4) is 0 Å². The first kappa shape index (κ1) is 14.4. The SMILES string of the molecule is CCCN(CCC)c1nc(NC)c(Cl)cc1Cl. The van der Waals surface area contributed by atoms with Gasteiger partial charge >= 0.3 is 0 Å². The minimum Gasteiger partial charge on any atom is -0.372 e. The van der Waals surface area contributed by atoms with Crippen molar-refractivity contribution in [3.05, 3.63) is 16.1 Å². The van der Waals surface area contributed by atoms with Crippen LogP contribution in [-0.4, -0.2) is 25.1 Å². The minimum atomic E-state index is 0.550. The fourth-order valence-corrected chi connectivity index (χ4v) is 2.29. The molecular weight excluding hydrogens is 257 g/mol. The molecule has 1 aromatic rings. The molecular formula is C12H19Cl2N3. The fourth-order valence-electron chi connectivity index (χ4n) is 1.72. The fraction of sp³-hybridized carbons (Fsp3) is 0.583. The molecule has 96 valence electrons. The topological polar surface area (TPSA) is 28.2 Å². The molecule has 0 aliphatic heterocycles. The maximum atomic E-state index is 6.21. The molecule has 17 heavy (non-hydrogen) atoms. The molecule has 3 nitrogen and oxygen atoms in total. The molecule has 0 saturated heterocycles. The molecule has 0 bridgehead atoms. The van der Waals surface area contributed by atoms with Crippen LogP contribution in [0.5, 0.6) is 0 Å². The highest BCUT2D eigenvalue weighted by Gasteiger charge is 2.14. The predicted octanol–water partition coefficient (Wildman–Crippen LogP) is 4.06. The van der Waals surface area contributed by atoms with Gasteiger partial charge in [0.15, 0.2) is 0 Å². The zero-order valence-corrected chi connectivity index (χ0v) is 12.1. The van der Waals surface area contributed by atoms with Crippen LogP contribution in [-0.2, 0) is 0 Å². The molecule has 0 aromatic carbocycles. The van der Waals surface area contributed by atoms with E-state index < -0.39 is 0 Å². The van der Waals surface area contributed by atoms with E-state index in [1.807, 2.05) is 0 Å². The first-order valence-electron chi connectivity index (χ1n) is 5.92. The van der Waals surface area contributed by atoms with Gasteiger partial charge in [0.25, 0.3) is 0 Å². The Balaban J connectivity index is 3.08. The molecule has 5 heteroatoms. The first-order valence-corrected chi connectivity index (χ1v) is 6.68. The molecule has 1 heterocycles. The summed E-state index contributed by atoms with van der Waals surface area (Å²) in [7, 11) is 1.80. The van der Waals surface area contributed by atoms with Crippen LogP contribution >= 0.6 is 23.2 Å². The van der Waals surface area contributed by atoms with E-state index >= 15 is 0 Å². The number of hydrogen-bond acceptors (Lipinski definition) is 3. The maximum Gasteiger partial charge on any atom is 0.149 e. The summed E-state index contributed by atoms with van der Waals surface area (Å²) in [5.41, 5.74) is 0. The van der Waals surface area contributed by atoms with Crippen LogP contribution < -0.4 is 10.2 Å². The number of nitrogens with zero attached hydrogens (tertiary/aromatic N) is 2. The molecule has 0 unspecified atom stereocenters. The van der Waals surface area contributed by atoms with E-state index in [0.717, 1.165) is 31.7 Å². The molecule has 1 aromatic heterocycles. The standard InChI is InChI=1S/C12H19Cl2N3/c1-4-6-17(7-5-2)12-10(14)8-9(13)11(15-3)16-12/h8H,4-7H2,1-3H3,(H,15,16). The lowest BCUT2D eigenvalue weighted by Crippen LogP contribution is -2.26. The van der Waals surface area contributed by atoms with Crippen LogP contribution in [0.2, 0.25) is 10.0 Å². The summed E-state index contributed by atoms with van der Waals surface area (Å²) in [6.45, 7) is 6.19. The van der Waals surface area contributed by atoms with E-state index in [9.17, 15) is 0 Å². The number of rotatable bonds is 6. The number of pyridine rings is 1. The highest BCUT2D eigenvalue weighted by molar-refractivity contribution is 6.37. The van der Waals surface area contributed by atoms with E-state index in [-0.39, 0.29) is 0 Å². The average molecular weight is 276 g/mol. The van der Waals surface area contributed by atoms with Crippen LogP contribution in [0.25, 0.3) is 0 Å². The summed E-state index contributed by atoms with van der Waals surface area (Å²) in [5.74, 6) is 1.48. The molecule has 0 spiro atoms. The Kier molecular flexibility index (Phi) is 5.86. The second-order valence-corrected chi connectivity index (χ2v) is 4.68. The number of halogens is 2. The summed E-state index contributed by atoms with van der Waals surface area (Å²) in [6, 6.07) is 1.75. The normalized spacial score (nSPS) is 10.4. The Hall–Kier alpha value is -0.670. The third kappa shape index (κ3) is 3.65. The van der Waals surface area contributed by atoms with Crippen molar-refractivity contribution < 1.29 is 0 Å². The van der Waals surface area contributed by atoms with E-state index in [2.05, 4.69) is 29.0 Å².